The summed E-state index contributed by atoms with van der Waals surface area (Å²) in [7, 11) is 0. The van der Waals surface area contributed by atoms with Gasteiger partial charge in [0.05, 0.1) is 17.6 Å². The second kappa shape index (κ2) is 11.3. The molecule has 0 unspecified atom stereocenters. The standard InChI is InChI=1S/C29H39FN4/c1-20(13-16-31-23(4)33-28-11-12-28)21(2)29(26-7-9-27(30)10-8-26)32-22(3)25-14-17-34(18-15-25)19-24-5-6-24/h7-10,13,16,24-25,28H,1,5-6,11-12,14-15,17-19H2,2-4H3,(H,31,33)/b16-13-,29-21+,32-22?. The van der Waals surface area contributed by atoms with Crippen LogP contribution in [0.3, 0.4) is 0 Å². The van der Waals surface area contributed by atoms with Crippen LogP contribution in [0.15, 0.2) is 64.3 Å². The number of hydrogen-bond acceptors (Lipinski definition) is 3. The molecule has 0 radical (unpaired) electrons. The zero-order valence-corrected chi connectivity index (χ0v) is 21.0. The molecular weight excluding hydrogens is 423 g/mol. The highest BCUT2D eigenvalue weighted by molar-refractivity contribution is 5.91. The normalized spacial score (nSPS) is 21.6. The number of aliphatic imine (C=N–C) groups is 2. The molecule has 0 bridgehead atoms. The van der Waals surface area contributed by atoms with Gasteiger partial charge in [-0.05, 0) is 126 Å². The van der Waals surface area contributed by atoms with E-state index in [1.807, 2.05) is 38.3 Å². The molecule has 1 aromatic rings. The van der Waals surface area contributed by atoms with Gasteiger partial charge in [-0.2, -0.15) is 0 Å². The van der Waals surface area contributed by atoms with Gasteiger partial charge in [0.1, 0.15) is 5.82 Å². The monoisotopic (exact) mass is 462 g/mol. The van der Waals surface area contributed by atoms with Crippen molar-refractivity contribution in [2.75, 3.05) is 19.6 Å². The Bertz CT molecular complexity index is 985. The molecule has 3 aliphatic rings. The smallest absolute Gasteiger partial charge is 0.123 e. The molecule has 5 heteroatoms. The summed E-state index contributed by atoms with van der Waals surface area (Å²) in [6.07, 6.45) is 11.4. The van der Waals surface area contributed by atoms with Crippen molar-refractivity contribution < 1.29 is 4.39 Å². The molecule has 1 saturated heterocycles. The molecule has 34 heavy (non-hydrogen) atoms. The van der Waals surface area contributed by atoms with E-state index in [1.165, 1.54) is 44.4 Å². The molecule has 0 aromatic heterocycles. The Hall–Kier alpha value is -2.53. The van der Waals surface area contributed by atoms with Crippen molar-refractivity contribution in [1.82, 2.24) is 10.2 Å². The lowest BCUT2D eigenvalue weighted by Crippen LogP contribution is -2.37. The maximum atomic E-state index is 13.6. The lowest BCUT2D eigenvalue weighted by Gasteiger charge is -2.32. The summed E-state index contributed by atoms with van der Waals surface area (Å²) < 4.78 is 13.6. The number of nitrogens with one attached hydrogen (secondary N) is 1. The Balaban J connectivity index is 1.49. The summed E-state index contributed by atoms with van der Waals surface area (Å²) in [5.74, 6) is 2.12. The minimum atomic E-state index is -0.238. The quantitative estimate of drug-likeness (QED) is 0.263. The Labute approximate surface area is 204 Å². The lowest BCUT2D eigenvalue weighted by molar-refractivity contribution is 0.202. The van der Waals surface area contributed by atoms with Gasteiger partial charge in [0.15, 0.2) is 0 Å². The Kier molecular flexibility index (Phi) is 8.15. The van der Waals surface area contributed by atoms with E-state index >= 15 is 0 Å². The van der Waals surface area contributed by atoms with Crippen LogP contribution in [-0.4, -0.2) is 42.1 Å². The maximum Gasteiger partial charge on any atom is 0.123 e. The average molecular weight is 463 g/mol. The fourth-order valence-electron chi connectivity index (χ4n) is 4.49. The van der Waals surface area contributed by atoms with Crippen molar-refractivity contribution in [3.63, 3.8) is 0 Å². The number of piperidine rings is 1. The number of rotatable bonds is 9. The first-order valence-electron chi connectivity index (χ1n) is 12.8. The van der Waals surface area contributed by atoms with E-state index in [9.17, 15) is 4.39 Å². The molecule has 0 atom stereocenters. The summed E-state index contributed by atoms with van der Waals surface area (Å²) in [6, 6.07) is 7.12. The second-order valence-electron chi connectivity index (χ2n) is 10.2. The van der Waals surface area contributed by atoms with Crippen LogP contribution >= 0.6 is 0 Å². The largest absolute Gasteiger partial charge is 0.351 e. The van der Waals surface area contributed by atoms with Crippen LogP contribution in [0.5, 0.6) is 0 Å². The van der Waals surface area contributed by atoms with E-state index in [1.54, 1.807) is 0 Å². The fourth-order valence-corrected chi connectivity index (χ4v) is 4.49. The molecular formula is C29H39FN4. The maximum absolute atomic E-state index is 13.6. The molecule has 1 aromatic carbocycles. The summed E-state index contributed by atoms with van der Waals surface area (Å²) in [5, 5.41) is 3.24. The van der Waals surface area contributed by atoms with E-state index in [-0.39, 0.29) is 5.82 Å². The van der Waals surface area contributed by atoms with Gasteiger partial charge in [0, 0.05) is 24.0 Å². The van der Waals surface area contributed by atoms with E-state index in [0.29, 0.717) is 12.0 Å². The van der Waals surface area contributed by atoms with Gasteiger partial charge < -0.3 is 10.2 Å². The number of halogens is 1. The number of likely N-dealkylation sites (tertiary alicyclic amines) is 1. The van der Waals surface area contributed by atoms with Crippen LogP contribution in [0.1, 0.15) is 64.9 Å². The number of allylic oxidation sites excluding steroid dienone is 3. The molecule has 2 saturated carbocycles. The van der Waals surface area contributed by atoms with Crippen LogP contribution in [0.4, 0.5) is 4.39 Å². The van der Waals surface area contributed by atoms with Gasteiger partial charge in [-0.1, -0.05) is 6.58 Å². The SMILES string of the molecule is C=C(/C=C\NC(C)=NC1CC1)/C(C)=C(/N=C(C)C1CCN(CC2CC2)CC1)c1ccc(F)cc1. The summed E-state index contributed by atoms with van der Waals surface area (Å²) >= 11 is 0. The Morgan fingerprint density at radius 3 is 2.35 bits per heavy atom. The number of hydrogen-bond donors (Lipinski definition) is 1. The lowest BCUT2D eigenvalue weighted by atomic mass is 9.92. The minimum Gasteiger partial charge on any atom is -0.351 e. The third kappa shape index (κ3) is 7.23. The van der Waals surface area contributed by atoms with Crippen LogP contribution in [-0.2, 0) is 0 Å². The first kappa shape index (κ1) is 24.6. The van der Waals surface area contributed by atoms with E-state index < -0.39 is 0 Å². The number of nitrogens with zero attached hydrogens (tertiary/aromatic N) is 3. The van der Waals surface area contributed by atoms with Crippen molar-refractivity contribution in [2.45, 2.75) is 65.3 Å². The van der Waals surface area contributed by atoms with Gasteiger partial charge in [0.25, 0.3) is 0 Å². The van der Waals surface area contributed by atoms with Crippen LogP contribution < -0.4 is 5.32 Å². The highest BCUT2D eigenvalue weighted by Gasteiger charge is 2.28. The second-order valence-corrected chi connectivity index (χ2v) is 10.2. The third-order valence-electron chi connectivity index (χ3n) is 7.13. The highest BCUT2D eigenvalue weighted by Crippen LogP contribution is 2.32. The molecule has 0 amide bonds. The van der Waals surface area contributed by atoms with Gasteiger partial charge in [0.2, 0.25) is 0 Å². The molecule has 182 valence electrons. The Morgan fingerprint density at radius 2 is 1.74 bits per heavy atom. The zero-order valence-electron chi connectivity index (χ0n) is 21.0. The van der Waals surface area contributed by atoms with Crippen molar-refractivity contribution in [2.24, 2.45) is 21.8 Å². The summed E-state index contributed by atoms with van der Waals surface area (Å²) in [6.45, 7) is 14.0. The predicted octanol–water partition coefficient (Wildman–Crippen LogP) is 6.38. The van der Waals surface area contributed by atoms with E-state index in [4.69, 9.17) is 4.99 Å². The van der Waals surface area contributed by atoms with Gasteiger partial charge >= 0.3 is 0 Å². The first-order chi connectivity index (χ1) is 16.4. The fraction of sp³-hybridized carbons (Fsp3) is 0.517. The first-order valence-corrected chi connectivity index (χ1v) is 12.8. The highest BCUT2D eigenvalue weighted by atomic mass is 19.1. The van der Waals surface area contributed by atoms with Crippen molar-refractivity contribution in [1.29, 1.82) is 0 Å². The third-order valence-corrected chi connectivity index (χ3v) is 7.13. The van der Waals surface area contributed by atoms with E-state index in [2.05, 4.69) is 28.7 Å². The van der Waals surface area contributed by atoms with Crippen molar-refractivity contribution in [3.8, 4) is 0 Å². The zero-order chi connectivity index (χ0) is 24.1. The van der Waals surface area contributed by atoms with Gasteiger partial charge in [-0.3, -0.25) is 9.98 Å². The van der Waals surface area contributed by atoms with Crippen molar-refractivity contribution in [3.05, 3.63) is 65.6 Å². The molecule has 4 rings (SSSR count). The minimum absolute atomic E-state index is 0.238. The molecule has 2 aliphatic carbocycles. The predicted molar refractivity (Wildman–Crippen MR) is 142 cm³/mol. The molecule has 3 fully saturated rings. The summed E-state index contributed by atoms with van der Waals surface area (Å²) in [4.78, 5) is 12.3. The van der Waals surface area contributed by atoms with E-state index in [0.717, 1.165) is 65.8 Å². The van der Waals surface area contributed by atoms with Crippen LogP contribution in [0.2, 0.25) is 0 Å². The van der Waals surface area contributed by atoms with Gasteiger partial charge in [-0.15, -0.1) is 0 Å². The van der Waals surface area contributed by atoms with Crippen molar-refractivity contribution >= 4 is 17.2 Å². The molecule has 0 spiro atoms. The molecule has 1 aliphatic heterocycles. The summed E-state index contributed by atoms with van der Waals surface area (Å²) in [5.41, 5.74) is 4.82. The Morgan fingerprint density at radius 1 is 1.06 bits per heavy atom. The topological polar surface area (TPSA) is 40.0 Å². The average Bonchev–Trinajstić information content (AvgIpc) is 3.76. The molecule has 1 N–H and O–H groups in total. The molecule has 4 nitrogen and oxygen atoms in total. The van der Waals surface area contributed by atoms with Crippen LogP contribution in [0, 0.1) is 17.7 Å². The number of benzene rings is 1. The number of amidine groups is 1. The molecule has 1 heterocycles. The van der Waals surface area contributed by atoms with Crippen LogP contribution in [0.25, 0.3) is 5.70 Å². The van der Waals surface area contributed by atoms with Gasteiger partial charge in [-0.25, -0.2) is 4.39 Å².